The maximum Gasteiger partial charge on any atom is 0.255 e. The van der Waals surface area contributed by atoms with Gasteiger partial charge in [-0.1, -0.05) is 28.4 Å². The van der Waals surface area contributed by atoms with Crippen LogP contribution in [0.2, 0.25) is 0 Å². The molecule has 5 nitrogen and oxygen atoms in total. The van der Waals surface area contributed by atoms with E-state index in [2.05, 4.69) is 21.2 Å². The van der Waals surface area contributed by atoms with Crippen molar-refractivity contribution in [1.29, 1.82) is 0 Å². The van der Waals surface area contributed by atoms with Gasteiger partial charge in [-0.2, -0.15) is 4.31 Å². The van der Waals surface area contributed by atoms with Crippen LogP contribution in [0.3, 0.4) is 0 Å². The number of rotatable bonds is 4. The van der Waals surface area contributed by atoms with Gasteiger partial charge in [-0.15, -0.1) is 0 Å². The zero-order valence-electron chi connectivity index (χ0n) is 15.5. The van der Waals surface area contributed by atoms with Gasteiger partial charge in [-0.3, -0.25) is 4.79 Å². The number of halogens is 1. The number of benzene rings is 2. The minimum atomic E-state index is -3.57. The molecule has 0 saturated carbocycles. The molecule has 1 amide bonds. The number of carbonyl (C=O) groups excluding carboxylic acids is 1. The van der Waals surface area contributed by atoms with Crippen LogP contribution in [-0.2, 0) is 10.0 Å². The van der Waals surface area contributed by atoms with Gasteiger partial charge in [-0.05, 0) is 68.1 Å². The Labute approximate surface area is 169 Å². The Morgan fingerprint density at radius 1 is 1.00 bits per heavy atom. The van der Waals surface area contributed by atoms with Crippen molar-refractivity contribution in [3.05, 3.63) is 57.6 Å². The Kier molecular flexibility index (Phi) is 6.03. The van der Waals surface area contributed by atoms with Gasteiger partial charge in [0.2, 0.25) is 10.0 Å². The standard InChI is InChI=1S/C20H23BrN2O3S/c1-14-6-8-17(27(25,26)23-10-4-3-5-11-23)13-18(14)20(24)22-16-7-9-19(21)15(2)12-16/h6-9,12-13H,3-5,10-11H2,1-2H3,(H,22,24). The van der Waals surface area contributed by atoms with Crippen molar-refractivity contribution in [2.75, 3.05) is 18.4 Å². The van der Waals surface area contributed by atoms with Gasteiger partial charge in [0, 0.05) is 28.8 Å². The molecule has 1 saturated heterocycles. The molecule has 2 aromatic carbocycles. The van der Waals surface area contributed by atoms with Gasteiger partial charge in [0.1, 0.15) is 0 Å². The number of nitrogens with one attached hydrogen (secondary N) is 1. The largest absolute Gasteiger partial charge is 0.322 e. The third-order valence-corrected chi connectivity index (χ3v) is 7.61. The minimum absolute atomic E-state index is 0.173. The van der Waals surface area contributed by atoms with Crippen LogP contribution in [0.4, 0.5) is 5.69 Å². The molecule has 27 heavy (non-hydrogen) atoms. The summed E-state index contributed by atoms with van der Waals surface area (Å²) >= 11 is 3.44. The second kappa shape index (κ2) is 8.12. The molecule has 1 aliphatic rings. The fourth-order valence-electron chi connectivity index (χ4n) is 3.18. The Balaban J connectivity index is 1.88. The summed E-state index contributed by atoms with van der Waals surface area (Å²) in [4.78, 5) is 12.9. The number of carbonyl (C=O) groups is 1. The number of aryl methyl sites for hydroxylation is 2. The van der Waals surface area contributed by atoms with Crippen molar-refractivity contribution < 1.29 is 13.2 Å². The lowest BCUT2D eigenvalue weighted by Crippen LogP contribution is -2.35. The van der Waals surface area contributed by atoms with E-state index in [1.54, 1.807) is 25.1 Å². The molecule has 1 aliphatic heterocycles. The highest BCUT2D eigenvalue weighted by Gasteiger charge is 2.27. The third-order valence-electron chi connectivity index (χ3n) is 4.82. The summed E-state index contributed by atoms with van der Waals surface area (Å²) in [7, 11) is -3.57. The van der Waals surface area contributed by atoms with Crippen molar-refractivity contribution in [3.8, 4) is 0 Å². The summed E-state index contributed by atoms with van der Waals surface area (Å²) in [6, 6.07) is 10.3. The molecule has 0 unspecified atom stereocenters. The lowest BCUT2D eigenvalue weighted by atomic mass is 10.1. The number of sulfonamides is 1. The lowest BCUT2D eigenvalue weighted by molar-refractivity contribution is 0.102. The average Bonchev–Trinajstić information content (AvgIpc) is 2.65. The Morgan fingerprint density at radius 2 is 1.70 bits per heavy atom. The van der Waals surface area contributed by atoms with Gasteiger partial charge >= 0.3 is 0 Å². The van der Waals surface area contributed by atoms with Crippen molar-refractivity contribution in [2.24, 2.45) is 0 Å². The molecule has 0 aromatic heterocycles. The molecule has 1 heterocycles. The predicted molar refractivity (Wildman–Crippen MR) is 111 cm³/mol. The topological polar surface area (TPSA) is 66.5 Å². The molecule has 1 N–H and O–H groups in total. The van der Waals surface area contributed by atoms with Crippen LogP contribution in [0.1, 0.15) is 40.7 Å². The number of hydrogen-bond acceptors (Lipinski definition) is 3. The molecule has 3 rings (SSSR count). The van der Waals surface area contributed by atoms with Gasteiger partial charge in [0.15, 0.2) is 0 Å². The molecule has 0 bridgehead atoms. The highest BCUT2D eigenvalue weighted by Crippen LogP contribution is 2.24. The van der Waals surface area contributed by atoms with Crippen LogP contribution in [0.25, 0.3) is 0 Å². The predicted octanol–water partition coefficient (Wildman–Crippen LogP) is 4.49. The molecule has 7 heteroatoms. The lowest BCUT2D eigenvalue weighted by Gasteiger charge is -2.26. The first-order valence-electron chi connectivity index (χ1n) is 8.97. The second-order valence-corrected chi connectivity index (χ2v) is 9.65. The summed E-state index contributed by atoms with van der Waals surface area (Å²) in [6.45, 7) is 4.82. The molecule has 0 aliphatic carbocycles. The van der Waals surface area contributed by atoms with E-state index in [0.717, 1.165) is 34.9 Å². The summed E-state index contributed by atoms with van der Waals surface area (Å²) in [5, 5.41) is 2.86. The van der Waals surface area contributed by atoms with Crippen molar-refractivity contribution in [3.63, 3.8) is 0 Å². The van der Waals surface area contributed by atoms with Crippen LogP contribution in [0.15, 0.2) is 45.8 Å². The fraction of sp³-hybridized carbons (Fsp3) is 0.350. The fourth-order valence-corrected chi connectivity index (χ4v) is 4.97. The van der Waals surface area contributed by atoms with Gasteiger partial charge in [-0.25, -0.2) is 8.42 Å². The number of amides is 1. The second-order valence-electron chi connectivity index (χ2n) is 6.86. The quantitative estimate of drug-likeness (QED) is 0.745. The minimum Gasteiger partial charge on any atom is -0.322 e. The number of nitrogens with zero attached hydrogens (tertiary/aromatic N) is 1. The van der Waals surface area contributed by atoms with Crippen LogP contribution >= 0.6 is 15.9 Å². The first-order chi connectivity index (χ1) is 12.8. The summed E-state index contributed by atoms with van der Waals surface area (Å²) in [6.07, 6.45) is 2.81. The van der Waals surface area contributed by atoms with Gasteiger partial charge < -0.3 is 5.32 Å². The zero-order chi connectivity index (χ0) is 19.6. The van der Waals surface area contributed by atoms with Gasteiger partial charge in [0.05, 0.1) is 4.90 Å². The number of piperidine rings is 1. The van der Waals surface area contributed by atoms with E-state index in [0.29, 0.717) is 24.3 Å². The summed E-state index contributed by atoms with van der Waals surface area (Å²) in [5.74, 6) is -0.315. The van der Waals surface area contributed by atoms with Crippen LogP contribution < -0.4 is 5.32 Å². The monoisotopic (exact) mass is 450 g/mol. The first-order valence-corrected chi connectivity index (χ1v) is 11.2. The van der Waals surface area contributed by atoms with Crippen LogP contribution in [0.5, 0.6) is 0 Å². The molecular weight excluding hydrogens is 428 g/mol. The Morgan fingerprint density at radius 3 is 2.37 bits per heavy atom. The average molecular weight is 451 g/mol. The first kappa shape index (κ1) is 20.0. The highest BCUT2D eigenvalue weighted by molar-refractivity contribution is 9.10. The van der Waals surface area contributed by atoms with Crippen molar-refractivity contribution in [2.45, 2.75) is 38.0 Å². The van der Waals surface area contributed by atoms with Crippen LogP contribution in [0, 0.1) is 13.8 Å². The maximum atomic E-state index is 12.9. The van der Waals surface area contributed by atoms with E-state index in [1.807, 2.05) is 19.1 Å². The molecular formula is C20H23BrN2O3S. The van der Waals surface area contributed by atoms with E-state index in [1.165, 1.54) is 10.4 Å². The SMILES string of the molecule is Cc1cc(NC(=O)c2cc(S(=O)(=O)N3CCCCC3)ccc2C)ccc1Br. The molecule has 2 aromatic rings. The Hall–Kier alpha value is -1.70. The molecule has 0 atom stereocenters. The van der Waals surface area contributed by atoms with E-state index < -0.39 is 10.0 Å². The van der Waals surface area contributed by atoms with E-state index in [4.69, 9.17) is 0 Å². The van der Waals surface area contributed by atoms with E-state index >= 15 is 0 Å². The van der Waals surface area contributed by atoms with Crippen molar-refractivity contribution >= 4 is 37.5 Å². The number of anilines is 1. The molecule has 0 spiro atoms. The molecule has 0 radical (unpaired) electrons. The van der Waals surface area contributed by atoms with E-state index in [9.17, 15) is 13.2 Å². The summed E-state index contributed by atoms with van der Waals surface area (Å²) in [5.41, 5.74) is 2.78. The van der Waals surface area contributed by atoms with Crippen molar-refractivity contribution in [1.82, 2.24) is 4.31 Å². The zero-order valence-corrected chi connectivity index (χ0v) is 17.9. The Bertz CT molecular complexity index is 967. The molecule has 144 valence electrons. The normalized spacial score (nSPS) is 15.5. The smallest absolute Gasteiger partial charge is 0.255 e. The number of hydrogen-bond donors (Lipinski definition) is 1. The third kappa shape index (κ3) is 4.42. The molecule has 1 fully saturated rings. The van der Waals surface area contributed by atoms with E-state index in [-0.39, 0.29) is 10.8 Å². The van der Waals surface area contributed by atoms with Gasteiger partial charge in [0.25, 0.3) is 5.91 Å². The summed E-state index contributed by atoms with van der Waals surface area (Å²) < 4.78 is 28.3. The maximum absolute atomic E-state index is 12.9. The van der Waals surface area contributed by atoms with Crippen LogP contribution in [-0.4, -0.2) is 31.7 Å². The highest BCUT2D eigenvalue weighted by atomic mass is 79.9.